The molecular formula is C71H87N11O16. The van der Waals surface area contributed by atoms with Crippen molar-refractivity contribution in [1.29, 1.82) is 0 Å². The first kappa shape index (κ1) is 74.7. The number of pyridine rings is 2. The van der Waals surface area contributed by atoms with Crippen LogP contribution in [0.5, 0.6) is 0 Å². The summed E-state index contributed by atoms with van der Waals surface area (Å²) in [6.07, 6.45) is 1.21. The molecular weight excluding hydrogens is 1260 g/mol. The van der Waals surface area contributed by atoms with Gasteiger partial charge >= 0.3 is 6.09 Å². The molecule has 4 aromatic carbocycles. The van der Waals surface area contributed by atoms with Gasteiger partial charge in [-0.3, -0.25) is 57.6 Å². The third-order valence-corrected chi connectivity index (χ3v) is 15.2. The van der Waals surface area contributed by atoms with Crippen LogP contribution in [-0.4, -0.2) is 160 Å². The second-order valence-electron chi connectivity index (χ2n) is 24.1. The number of hydrogen-bond acceptors (Lipinski definition) is 16. The highest BCUT2D eigenvalue weighted by Gasteiger charge is 2.28. The lowest BCUT2D eigenvalue weighted by Crippen LogP contribution is -2.47. The first-order valence-corrected chi connectivity index (χ1v) is 32.6. The Labute approximate surface area is 568 Å². The number of amides is 9. The summed E-state index contributed by atoms with van der Waals surface area (Å²) >= 11 is 0. The van der Waals surface area contributed by atoms with Crippen LogP contribution in [0.2, 0.25) is 0 Å². The quantitative estimate of drug-likeness (QED) is 0.0460. The molecule has 6 aromatic rings. The molecule has 4 bridgehead atoms. The molecule has 2 aromatic heterocycles. The Bertz CT molecular complexity index is 3770. The van der Waals surface area contributed by atoms with Crippen molar-refractivity contribution in [3.8, 4) is 0 Å². The fourth-order valence-corrected chi connectivity index (χ4v) is 10.1. The van der Waals surface area contributed by atoms with Crippen LogP contribution in [0, 0.1) is 0 Å². The second-order valence-corrected chi connectivity index (χ2v) is 24.1. The van der Waals surface area contributed by atoms with Gasteiger partial charge in [-0.05, 0) is 112 Å². The number of carbonyl (C=O) groups excluding carboxylic acids is 9. The number of hydroxylamine groups is 4. The summed E-state index contributed by atoms with van der Waals surface area (Å²) in [5.41, 5.74) is -1.41. The fourth-order valence-electron chi connectivity index (χ4n) is 10.1. The van der Waals surface area contributed by atoms with Crippen LogP contribution in [0.25, 0.3) is 0 Å². The smallest absolute Gasteiger partial charge is 0.407 e. The van der Waals surface area contributed by atoms with E-state index in [9.17, 15) is 52.7 Å². The predicted molar refractivity (Wildman–Crippen MR) is 360 cm³/mol. The number of ether oxygens (including phenoxy) is 1. The zero-order chi connectivity index (χ0) is 70.4. The maximum Gasteiger partial charge on any atom is 0.407 e. The van der Waals surface area contributed by atoms with E-state index in [1.165, 1.54) is 47.9 Å². The van der Waals surface area contributed by atoms with Crippen molar-refractivity contribution in [3.05, 3.63) is 211 Å². The Kier molecular flexibility index (Phi) is 29.1. The molecule has 0 saturated heterocycles. The third kappa shape index (κ3) is 24.2. The molecule has 9 amide bonds. The standard InChI is InChI=1S/C71H87N11O16/c1-51(83)79(94-47-53-24-10-6-11-25-53)45-62(85)77-40-20-21-41-78(63(86)46-80(52(2)84)95-48-54-26-12-7-13-27-54)43-23-39-73-65(88)59-34-36-61(82(69(59)92)97-50-56-30-16-9-17-31-56)67(90)76-57(32-18-19-37-74-70(93)98-71(3,4)5)44-75-66(89)60-35-33-58(64(87)72-38-22-42-77)68(91)81(60)96-49-55-28-14-8-15-29-55/h6-17,24-31,33-36,57H,18-23,32,37-50H2,1-5H3,(H,72,87)(H,73,88)(H,74,93)(H,75,89)(H,76,90)/t57-/m0/s1. The lowest BCUT2D eigenvalue weighted by molar-refractivity contribution is -0.193. The number of carbonyl (C=O) groups is 9. The first-order chi connectivity index (χ1) is 47.1. The highest BCUT2D eigenvalue weighted by molar-refractivity contribution is 5.97. The zero-order valence-electron chi connectivity index (χ0n) is 56.0. The second kappa shape index (κ2) is 38.2. The molecule has 522 valence electrons. The van der Waals surface area contributed by atoms with Gasteiger partial charge in [-0.1, -0.05) is 121 Å². The van der Waals surface area contributed by atoms with Gasteiger partial charge < -0.3 is 50.8 Å². The van der Waals surface area contributed by atoms with E-state index in [-0.39, 0.29) is 109 Å². The number of benzene rings is 4. The summed E-state index contributed by atoms with van der Waals surface area (Å²) in [5.74, 6) is -5.40. The van der Waals surface area contributed by atoms with Gasteiger partial charge in [0.05, 0.1) is 0 Å². The minimum absolute atomic E-state index is 0.00741. The normalized spacial score (nSPS) is 14.8. The molecule has 3 aliphatic heterocycles. The van der Waals surface area contributed by atoms with Crippen LogP contribution in [-0.2, 0) is 60.0 Å². The summed E-state index contributed by atoms with van der Waals surface area (Å²) in [6.45, 7) is 6.40. The van der Waals surface area contributed by atoms with Crippen LogP contribution in [0.1, 0.15) is 144 Å². The Morgan fingerprint density at radius 3 is 1.30 bits per heavy atom. The number of nitrogens with one attached hydrogen (secondary N) is 5. The number of hydrogen-bond donors (Lipinski definition) is 5. The molecule has 5 N–H and O–H groups in total. The molecule has 0 fully saturated rings. The SMILES string of the molecule is CC(=O)N(CC(=O)N1CCCCN(C(=O)CN(OCc2ccccc2)C(C)=O)CCCNC(=O)c2ccc(n(OCc3ccccc3)c2=O)C(=O)N[C@@H](CCCCNC(=O)OC(C)(C)C)CNC(=O)c2ccc(c(=O)n2OCc2ccccc2)C(=O)NCCC1)OCc1ccccc1. The molecule has 0 spiro atoms. The number of unbranched alkanes of at least 4 members (excludes halogenated alkanes) is 1. The van der Waals surface area contributed by atoms with Crippen molar-refractivity contribution < 1.29 is 67.2 Å². The van der Waals surface area contributed by atoms with E-state index in [1.54, 1.807) is 106 Å². The van der Waals surface area contributed by atoms with Crippen molar-refractivity contribution in [1.82, 2.24) is 56.0 Å². The highest BCUT2D eigenvalue weighted by atomic mass is 16.7. The summed E-state index contributed by atoms with van der Waals surface area (Å²) < 4.78 is 6.80. The van der Waals surface area contributed by atoms with E-state index in [0.29, 0.717) is 46.3 Å². The largest absolute Gasteiger partial charge is 0.444 e. The van der Waals surface area contributed by atoms with Crippen molar-refractivity contribution in [2.75, 3.05) is 65.4 Å². The van der Waals surface area contributed by atoms with E-state index in [1.807, 2.05) is 36.4 Å². The fraction of sp³-hybridized carbons (Fsp3) is 0.394. The van der Waals surface area contributed by atoms with E-state index >= 15 is 0 Å². The summed E-state index contributed by atoms with van der Waals surface area (Å²) in [5, 5.41) is 15.8. The monoisotopic (exact) mass is 1350 g/mol. The molecule has 98 heavy (non-hydrogen) atoms. The lowest BCUT2D eigenvalue weighted by Gasteiger charge is -2.28. The highest BCUT2D eigenvalue weighted by Crippen LogP contribution is 2.14. The molecule has 1 atom stereocenters. The van der Waals surface area contributed by atoms with E-state index < -0.39 is 100 Å². The summed E-state index contributed by atoms with van der Waals surface area (Å²) in [4.78, 5) is 180. The molecule has 0 unspecified atom stereocenters. The van der Waals surface area contributed by atoms with Crippen LogP contribution >= 0.6 is 0 Å². The van der Waals surface area contributed by atoms with Crippen LogP contribution < -0.4 is 47.4 Å². The maximum absolute atomic E-state index is 14.6. The van der Waals surface area contributed by atoms with E-state index in [2.05, 4.69) is 26.6 Å². The Hall–Kier alpha value is -10.7. The topological polar surface area (TPSA) is 317 Å². The predicted octanol–water partition coefficient (Wildman–Crippen LogP) is 5.14. The number of rotatable bonds is 21. The molecule has 3 aliphatic rings. The van der Waals surface area contributed by atoms with Crippen molar-refractivity contribution >= 4 is 53.4 Å². The summed E-state index contributed by atoms with van der Waals surface area (Å²) in [6, 6.07) is 39.6. The van der Waals surface area contributed by atoms with Gasteiger partial charge in [0.25, 0.3) is 34.7 Å². The molecule has 0 aliphatic carbocycles. The minimum Gasteiger partial charge on any atom is -0.444 e. The van der Waals surface area contributed by atoms with Gasteiger partial charge in [0, 0.05) is 72.2 Å². The van der Waals surface area contributed by atoms with Crippen molar-refractivity contribution in [3.63, 3.8) is 0 Å². The van der Waals surface area contributed by atoms with Gasteiger partial charge in [0.1, 0.15) is 67.6 Å². The third-order valence-electron chi connectivity index (χ3n) is 15.2. The zero-order valence-corrected chi connectivity index (χ0v) is 56.0. The Morgan fingerprint density at radius 1 is 0.490 bits per heavy atom. The molecule has 0 radical (unpaired) electrons. The Morgan fingerprint density at radius 2 is 0.888 bits per heavy atom. The minimum atomic E-state index is -0.993. The van der Waals surface area contributed by atoms with Gasteiger partial charge in [-0.25, -0.2) is 14.9 Å². The maximum atomic E-state index is 14.6. The molecule has 9 rings (SSSR count). The summed E-state index contributed by atoms with van der Waals surface area (Å²) in [7, 11) is 0. The van der Waals surface area contributed by atoms with Crippen molar-refractivity contribution in [2.24, 2.45) is 0 Å². The van der Waals surface area contributed by atoms with E-state index in [0.717, 1.165) is 21.3 Å². The van der Waals surface area contributed by atoms with Crippen LogP contribution in [0.3, 0.4) is 0 Å². The van der Waals surface area contributed by atoms with Gasteiger partial charge in [-0.15, -0.1) is 9.46 Å². The van der Waals surface area contributed by atoms with Crippen LogP contribution in [0.4, 0.5) is 4.79 Å². The molecule has 27 nitrogen and oxygen atoms in total. The number of aromatic nitrogens is 2. The van der Waals surface area contributed by atoms with Crippen LogP contribution in [0.15, 0.2) is 155 Å². The molecule has 5 heterocycles. The van der Waals surface area contributed by atoms with Gasteiger partial charge in [0.2, 0.25) is 23.6 Å². The number of nitrogens with zero attached hydrogens (tertiary/aromatic N) is 6. The average Bonchev–Trinajstić information content (AvgIpc) is 0.810. The average molecular weight is 1350 g/mol. The van der Waals surface area contributed by atoms with Gasteiger partial charge in [0.15, 0.2) is 0 Å². The lowest BCUT2D eigenvalue weighted by atomic mass is 10.1. The molecule has 27 heteroatoms. The van der Waals surface area contributed by atoms with Crippen molar-refractivity contribution in [2.45, 2.75) is 118 Å². The molecule has 0 saturated carbocycles. The first-order valence-electron chi connectivity index (χ1n) is 32.6. The number of fused-ring (bicyclic) bond motifs is 2. The number of alkyl carbamates (subject to hydrolysis) is 1. The Balaban J connectivity index is 1.21. The van der Waals surface area contributed by atoms with E-state index in [4.69, 9.17) is 24.1 Å². The van der Waals surface area contributed by atoms with Gasteiger partial charge in [-0.2, -0.15) is 0 Å².